The molecule has 17 heteroatoms. The summed E-state index contributed by atoms with van der Waals surface area (Å²) in [6.45, 7) is 4.68. The smallest absolute Gasteiger partial charge is 0.268 e. The van der Waals surface area contributed by atoms with E-state index in [9.17, 15) is 39.9 Å². The van der Waals surface area contributed by atoms with E-state index in [4.69, 9.17) is 15.0 Å². The number of amides is 3. The molecule has 2 rings (SSSR count). The predicted molar refractivity (Wildman–Crippen MR) is 317 cm³/mol. The van der Waals surface area contributed by atoms with Crippen molar-refractivity contribution >= 4 is 52.1 Å². The summed E-state index contributed by atoms with van der Waals surface area (Å²) in [5.74, 6) is -1.25. The summed E-state index contributed by atoms with van der Waals surface area (Å²) in [7, 11) is 0. The van der Waals surface area contributed by atoms with E-state index >= 15 is 0 Å². The molecule has 0 bridgehead atoms. The van der Waals surface area contributed by atoms with Crippen molar-refractivity contribution in [2.75, 3.05) is 25.4 Å². The third kappa shape index (κ3) is 32.0. The molecule has 1 fully saturated rings. The van der Waals surface area contributed by atoms with Crippen molar-refractivity contribution in [1.29, 1.82) is 0 Å². The number of azide groups is 1. The SMILES string of the molecule is CCCCCCCCCCCCCCCCCCCCCCCCCC(=O)N[C@@H](CO[C@H]1O[C@H](CSC2=C(I)C(=O)N(CCCCCN=[N+]=[N-])C2=O)[C@H](O)[C@H](O)[C@H]1O)[C@H](O)[C@H](O)CCCCCCCCCCCCCC. The number of halogens is 1. The van der Waals surface area contributed by atoms with Gasteiger partial charge in [-0.15, -0.1) is 11.8 Å². The van der Waals surface area contributed by atoms with Crippen LogP contribution in [-0.4, -0.2) is 123 Å². The molecule has 1 saturated heterocycles. The zero-order valence-corrected chi connectivity index (χ0v) is 50.6. The molecule has 2 heterocycles. The number of hydrogen-bond donors (Lipinski definition) is 6. The highest BCUT2D eigenvalue weighted by atomic mass is 127. The van der Waals surface area contributed by atoms with Crippen LogP contribution in [0.2, 0.25) is 0 Å². The summed E-state index contributed by atoms with van der Waals surface area (Å²) in [6.07, 6.45) is 36.0. The summed E-state index contributed by atoms with van der Waals surface area (Å²) in [4.78, 5) is 43.7. The molecule has 3 amide bonds. The van der Waals surface area contributed by atoms with Crippen molar-refractivity contribution in [1.82, 2.24) is 10.2 Å². The average Bonchev–Trinajstić information content (AvgIpc) is 3.62. The highest BCUT2D eigenvalue weighted by Crippen LogP contribution is 2.36. The predicted octanol–water partition coefficient (Wildman–Crippen LogP) is 13.7. The fourth-order valence-electron chi connectivity index (χ4n) is 10.3. The molecule has 2 aliphatic rings. The van der Waals surface area contributed by atoms with Gasteiger partial charge in [0.05, 0.1) is 33.3 Å². The van der Waals surface area contributed by atoms with Gasteiger partial charge in [0.25, 0.3) is 11.8 Å². The fourth-order valence-corrected chi connectivity index (χ4v) is 12.3. The highest BCUT2D eigenvalue weighted by Gasteiger charge is 2.46. The molecule has 0 spiro atoms. The van der Waals surface area contributed by atoms with Gasteiger partial charge in [-0.05, 0) is 53.8 Å². The maximum absolute atomic E-state index is 13.4. The highest BCUT2D eigenvalue weighted by molar-refractivity contribution is 14.1. The lowest BCUT2D eigenvalue weighted by atomic mass is 9.98. The van der Waals surface area contributed by atoms with Crippen molar-refractivity contribution in [3.05, 3.63) is 18.9 Å². The van der Waals surface area contributed by atoms with Crippen molar-refractivity contribution < 1.29 is 49.4 Å². The van der Waals surface area contributed by atoms with Gasteiger partial charge >= 0.3 is 0 Å². The average molecular weight is 1210 g/mol. The monoisotopic (exact) mass is 1210 g/mol. The number of carbonyl (C=O) groups excluding carboxylic acids is 3. The molecule has 0 aromatic heterocycles. The second kappa shape index (κ2) is 47.1. The molecular formula is C59H108IN5O10S. The summed E-state index contributed by atoms with van der Waals surface area (Å²) in [5.41, 5.74) is 8.48. The van der Waals surface area contributed by atoms with Crippen LogP contribution in [0.5, 0.6) is 0 Å². The van der Waals surface area contributed by atoms with Crippen LogP contribution in [0, 0.1) is 0 Å². The van der Waals surface area contributed by atoms with Gasteiger partial charge in [-0.3, -0.25) is 19.3 Å². The quantitative estimate of drug-likeness (QED) is 0.00837. The van der Waals surface area contributed by atoms with Crippen LogP contribution in [0.25, 0.3) is 10.4 Å². The summed E-state index contributed by atoms with van der Waals surface area (Å²) < 4.78 is 12.2. The van der Waals surface area contributed by atoms with Gasteiger partial charge in [0.2, 0.25) is 5.91 Å². The normalized spacial score (nSPS) is 20.1. The Labute approximate surface area is 478 Å². The van der Waals surface area contributed by atoms with Crippen LogP contribution in [0.4, 0.5) is 0 Å². The van der Waals surface area contributed by atoms with Crippen molar-refractivity contribution in [3.63, 3.8) is 0 Å². The Balaban J connectivity index is 1.81. The van der Waals surface area contributed by atoms with E-state index in [0.29, 0.717) is 45.1 Å². The van der Waals surface area contributed by atoms with E-state index in [1.54, 1.807) is 0 Å². The van der Waals surface area contributed by atoms with E-state index in [1.807, 2.05) is 22.6 Å². The number of ether oxygens (including phenoxy) is 2. The molecule has 442 valence electrons. The number of aliphatic hydroxyl groups is 5. The van der Waals surface area contributed by atoms with Crippen LogP contribution in [-0.2, 0) is 23.9 Å². The lowest BCUT2D eigenvalue weighted by molar-refractivity contribution is -0.294. The second-order valence-electron chi connectivity index (χ2n) is 22.0. The minimum Gasteiger partial charge on any atom is -0.390 e. The number of rotatable bonds is 52. The van der Waals surface area contributed by atoms with Crippen LogP contribution in [0.3, 0.4) is 0 Å². The minimum absolute atomic E-state index is 0.0637. The Kier molecular flexibility index (Phi) is 43.8. The molecule has 2 aliphatic heterocycles. The van der Waals surface area contributed by atoms with Gasteiger partial charge < -0.3 is 40.3 Å². The third-order valence-corrected chi connectivity index (χ3v) is 17.8. The lowest BCUT2D eigenvalue weighted by Gasteiger charge is -2.41. The third-order valence-electron chi connectivity index (χ3n) is 15.3. The zero-order chi connectivity index (χ0) is 55.4. The fraction of sp³-hybridized carbons (Fsp3) is 0.915. The van der Waals surface area contributed by atoms with Crippen LogP contribution in [0.1, 0.15) is 271 Å². The van der Waals surface area contributed by atoms with Gasteiger partial charge in [0.15, 0.2) is 6.29 Å². The van der Waals surface area contributed by atoms with Gasteiger partial charge in [-0.2, -0.15) is 0 Å². The Bertz CT molecular complexity index is 1580. The molecule has 0 aromatic rings. The number of unbranched alkanes of at least 4 members (excludes halogenated alkanes) is 35. The van der Waals surface area contributed by atoms with E-state index in [1.165, 1.54) is 173 Å². The topological polar surface area (TPSA) is 235 Å². The molecule has 0 unspecified atom stereocenters. The Morgan fingerprint density at radius 2 is 1.08 bits per heavy atom. The molecule has 0 saturated carbocycles. The standard InChI is InChI=1S/C59H108IN5O10S/c1-3-5-7-9-11-13-15-17-18-19-20-21-22-23-24-25-26-27-29-31-33-35-38-42-50(67)63-47(52(68)48(66)41-37-34-32-30-28-16-14-12-10-8-6-4-2)45-74-59-55(71)54(70)53(69)49(75-59)46-76-56-51(60)57(72)65(58(56)73)44-40-36-39-43-62-64-61/h47-49,52-55,59,66,68-71H,3-46H2,1-2H3,(H,63,67)/t47-,48+,49+,52-,53-,54-,55+,59-/m0/s1. The van der Waals surface area contributed by atoms with Gasteiger partial charge in [0, 0.05) is 30.2 Å². The first-order chi connectivity index (χ1) is 37.0. The number of imide groups is 1. The summed E-state index contributed by atoms with van der Waals surface area (Å²) in [5, 5.41) is 61.8. The number of nitrogens with one attached hydrogen (secondary N) is 1. The first kappa shape index (κ1) is 70.6. The van der Waals surface area contributed by atoms with Gasteiger partial charge in [0.1, 0.15) is 24.4 Å². The lowest BCUT2D eigenvalue weighted by Crippen LogP contribution is -2.60. The molecule has 0 aromatic carbocycles. The molecular weight excluding hydrogens is 1100 g/mol. The molecule has 0 aliphatic carbocycles. The van der Waals surface area contributed by atoms with E-state index in [-0.39, 0.29) is 39.7 Å². The summed E-state index contributed by atoms with van der Waals surface area (Å²) in [6, 6.07) is -1.06. The second-order valence-corrected chi connectivity index (χ2v) is 24.1. The number of hydrogen-bond acceptors (Lipinski definition) is 12. The number of thioether (sulfide) groups is 1. The van der Waals surface area contributed by atoms with Gasteiger partial charge in [-0.25, -0.2) is 0 Å². The number of carbonyl (C=O) groups is 3. The largest absolute Gasteiger partial charge is 0.390 e. The Hall–Kier alpha value is -1.54. The van der Waals surface area contributed by atoms with Crippen LogP contribution >= 0.6 is 34.4 Å². The molecule has 0 radical (unpaired) electrons. The van der Waals surface area contributed by atoms with Crippen molar-refractivity contribution in [2.24, 2.45) is 5.11 Å². The maximum atomic E-state index is 13.4. The van der Waals surface area contributed by atoms with E-state index in [0.717, 1.165) is 55.2 Å². The van der Waals surface area contributed by atoms with Crippen LogP contribution < -0.4 is 5.32 Å². The first-order valence-corrected chi connectivity index (χ1v) is 32.9. The number of nitrogens with zero attached hydrogens (tertiary/aromatic N) is 4. The van der Waals surface area contributed by atoms with E-state index < -0.39 is 60.8 Å². The van der Waals surface area contributed by atoms with Crippen LogP contribution in [0.15, 0.2) is 13.6 Å². The van der Waals surface area contributed by atoms with Crippen molar-refractivity contribution in [2.45, 2.75) is 320 Å². The van der Waals surface area contributed by atoms with Gasteiger partial charge in [-0.1, -0.05) is 244 Å². The Morgan fingerprint density at radius 1 is 0.645 bits per heavy atom. The number of aliphatic hydroxyl groups excluding tert-OH is 5. The Morgan fingerprint density at radius 3 is 1.54 bits per heavy atom. The maximum Gasteiger partial charge on any atom is 0.268 e. The zero-order valence-electron chi connectivity index (χ0n) is 47.6. The molecule has 6 N–H and O–H groups in total. The molecule has 76 heavy (non-hydrogen) atoms. The van der Waals surface area contributed by atoms with Crippen molar-refractivity contribution in [3.8, 4) is 0 Å². The van der Waals surface area contributed by atoms with E-state index in [2.05, 4.69) is 29.2 Å². The minimum atomic E-state index is -1.69. The first-order valence-electron chi connectivity index (χ1n) is 30.8. The summed E-state index contributed by atoms with van der Waals surface area (Å²) >= 11 is 2.83. The molecule has 8 atom stereocenters. The molecule has 15 nitrogen and oxygen atoms in total.